The second-order valence-electron chi connectivity index (χ2n) is 4.10. The van der Waals surface area contributed by atoms with Gasteiger partial charge in [0.25, 0.3) is 11.6 Å². The van der Waals surface area contributed by atoms with E-state index in [1.807, 2.05) is 0 Å². The third kappa shape index (κ3) is 4.02. The van der Waals surface area contributed by atoms with Crippen LogP contribution in [0.4, 0.5) is 5.69 Å². The van der Waals surface area contributed by atoms with Gasteiger partial charge in [-0.25, -0.2) is 0 Å². The van der Waals surface area contributed by atoms with Gasteiger partial charge < -0.3 is 5.32 Å². The van der Waals surface area contributed by atoms with Gasteiger partial charge in [-0.15, -0.1) is 0 Å². The standard InChI is InChI=1S/C12H10BrClN4O3/c13-9-6-16-17(7-9)4-3-15-12(19)8-1-2-10(14)11(5-8)18(20)21/h1-2,5-7H,3-4H2,(H,15,19). The Morgan fingerprint density at radius 1 is 1.52 bits per heavy atom. The third-order valence-corrected chi connectivity index (χ3v) is 3.36. The van der Waals surface area contributed by atoms with Crippen LogP contribution in [-0.4, -0.2) is 27.2 Å². The average Bonchev–Trinajstić information content (AvgIpc) is 2.84. The number of amides is 1. The molecule has 9 heteroatoms. The Bertz CT molecular complexity index is 689. The molecule has 0 aliphatic rings. The monoisotopic (exact) mass is 372 g/mol. The molecule has 1 heterocycles. The first-order valence-corrected chi connectivity index (χ1v) is 7.04. The van der Waals surface area contributed by atoms with Crippen LogP contribution in [-0.2, 0) is 6.54 Å². The fraction of sp³-hybridized carbons (Fsp3) is 0.167. The first kappa shape index (κ1) is 15.5. The maximum atomic E-state index is 11.9. The Balaban J connectivity index is 1.97. The molecule has 2 aromatic rings. The molecule has 0 fully saturated rings. The van der Waals surface area contributed by atoms with Gasteiger partial charge in [-0.1, -0.05) is 11.6 Å². The Morgan fingerprint density at radius 2 is 2.29 bits per heavy atom. The molecule has 21 heavy (non-hydrogen) atoms. The van der Waals surface area contributed by atoms with E-state index in [0.29, 0.717) is 13.1 Å². The molecule has 0 aliphatic carbocycles. The molecule has 2 rings (SSSR count). The summed E-state index contributed by atoms with van der Waals surface area (Å²) in [6, 6.07) is 3.93. The summed E-state index contributed by atoms with van der Waals surface area (Å²) in [5, 5.41) is 17.5. The van der Waals surface area contributed by atoms with Gasteiger partial charge in [-0.05, 0) is 28.1 Å². The Labute approximate surface area is 133 Å². The van der Waals surface area contributed by atoms with Gasteiger partial charge in [0.15, 0.2) is 0 Å². The van der Waals surface area contributed by atoms with Crippen LogP contribution in [0, 0.1) is 10.1 Å². The number of carbonyl (C=O) groups excluding carboxylic acids is 1. The minimum Gasteiger partial charge on any atom is -0.350 e. The highest BCUT2D eigenvalue weighted by molar-refractivity contribution is 9.10. The Hall–Kier alpha value is -1.93. The molecule has 7 nitrogen and oxygen atoms in total. The van der Waals surface area contributed by atoms with Crippen LogP contribution < -0.4 is 5.32 Å². The molecule has 0 saturated carbocycles. The lowest BCUT2D eigenvalue weighted by Gasteiger charge is -2.06. The van der Waals surface area contributed by atoms with E-state index >= 15 is 0 Å². The van der Waals surface area contributed by atoms with Crippen molar-refractivity contribution in [2.24, 2.45) is 0 Å². The fourth-order valence-electron chi connectivity index (χ4n) is 1.64. The molecule has 1 N–H and O–H groups in total. The van der Waals surface area contributed by atoms with Crippen molar-refractivity contribution in [3.8, 4) is 0 Å². The van der Waals surface area contributed by atoms with Gasteiger partial charge in [-0.2, -0.15) is 5.10 Å². The van der Waals surface area contributed by atoms with Crippen molar-refractivity contribution in [2.75, 3.05) is 6.54 Å². The molecule has 0 bridgehead atoms. The maximum absolute atomic E-state index is 11.9. The van der Waals surface area contributed by atoms with E-state index in [2.05, 4.69) is 26.3 Å². The van der Waals surface area contributed by atoms with E-state index in [1.165, 1.54) is 12.1 Å². The van der Waals surface area contributed by atoms with Crippen LogP contribution in [0.15, 0.2) is 35.1 Å². The quantitative estimate of drug-likeness (QED) is 0.644. The van der Waals surface area contributed by atoms with E-state index in [9.17, 15) is 14.9 Å². The van der Waals surface area contributed by atoms with Crippen molar-refractivity contribution in [1.29, 1.82) is 0 Å². The van der Waals surface area contributed by atoms with Crippen LogP contribution in [0.5, 0.6) is 0 Å². The lowest BCUT2D eigenvalue weighted by Crippen LogP contribution is -2.27. The van der Waals surface area contributed by atoms with Crippen molar-refractivity contribution < 1.29 is 9.72 Å². The van der Waals surface area contributed by atoms with E-state index < -0.39 is 10.8 Å². The molecule has 0 radical (unpaired) electrons. The topological polar surface area (TPSA) is 90.1 Å². The zero-order valence-corrected chi connectivity index (χ0v) is 13.0. The Kier molecular flexibility index (Phi) is 4.92. The maximum Gasteiger partial charge on any atom is 0.288 e. The number of benzene rings is 1. The molecule has 0 unspecified atom stereocenters. The number of nitro benzene ring substituents is 1. The van der Waals surface area contributed by atoms with E-state index in [-0.39, 0.29) is 16.3 Å². The summed E-state index contributed by atoms with van der Waals surface area (Å²) in [4.78, 5) is 22.1. The highest BCUT2D eigenvalue weighted by Gasteiger charge is 2.15. The number of rotatable bonds is 5. The van der Waals surface area contributed by atoms with Crippen molar-refractivity contribution in [3.63, 3.8) is 0 Å². The van der Waals surface area contributed by atoms with Crippen LogP contribution in [0.2, 0.25) is 5.02 Å². The summed E-state index contributed by atoms with van der Waals surface area (Å²) in [6.07, 6.45) is 3.42. The predicted molar refractivity (Wildman–Crippen MR) is 80.4 cm³/mol. The molecule has 0 atom stereocenters. The summed E-state index contributed by atoms with van der Waals surface area (Å²) in [5.41, 5.74) is -0.104. The lowest BCUT2D eigenvalue weighted by molar-refractivity contribution is -0.384. The zero-order valence-electron chi connectivity index (χ0n) is 10.6. The van der Waals surface area contributed by atoms with Crippen molar-refractivity contribution in [1.82, 2.24) is 15.1 Å². The van der Waals surface area contributed by atoms with Gasteiger partial charge >= 0.3 is 0 Å². The summed E-state index contributed by atoms with van der Waals surface area (Å²) in [6.45, 7) is 0.844. The first-order valence-electron chi connectivity index (χ1n) is 5.87. The van der Waals surface area contributed by atoms with Crippen molar-refractivity contribution in [2.45, 2.75) is 6.54 Å². The zero-order chi connectivity index (χ0) is 15.4. The lowest BCUT2D eigenvalue weighted by atomic mass is 10.2. The number of nitrogens with one attached hydrogen (secondary N) is 1. The van der Waals surface area contributed by atoms with E-state index in [1.54, 1.807) is 17.1 Å². The van der Waals surface area contributed by atoms with Crippen molar-refractivity contribution >= 4 is 39.1 Å². The molecule has 1 aromatic heterocycles. The number of nitrogens with zero attached hydrogens (tertiary/aromatic N) is 3. The van der Waals surface area contributed by atoms with E-state index in [0.717, 1.165) is 10.5 Å². The summed E-state index contributed by atoms with van der Waals surface area (Å²) in [7, 11) is 0. The Morgan fingerprint density at radius 3 is 2.90 bits per heavy atom. The van der Waals surface area contributed by atoms with Crippen LogP contribution in [0.25, 0.3) is 0 Å². The SMILES string of the molecule is O=C(NCCn1cc(Br)cn1)c1ccc(Cl)c([N+](=O)[O-])c1. The highest BCUT2D eigenvalue weighted by atomic mass is 79.9. The first-order chi connectivity index (χ1) is 9.97. The van der Waals surface area contributed by atoms with Gasteiger partial charge in [0.05, 0.1) is 22.1 Å². The minimum absolute atomic E-state index is 0.00191. The molecule has 1 aromatic carbocycles. The van der Waals surface area contributed by atoms with Gasteiger partial charge in [-0.3, -0.25) is 19.6 Å². The second-order valence-corrected chi connectivity index (χ2v) is 5.42. The molecular weight excluding hydrogens is 364 g/mol. The second kappa shape index (κ2) is 6.68. The number of halogens is 2. The largest absolute Gasteiger partial charge is 0.350 e. The normalized spacial score (nSPS) is 10.4. The number of aromatic nitrogens is 2. The summed E-state index contributed by atoms with van der Waals surface area (Å²) >= 11 is 8.96. The fourth-order valence-corrected chi connectivity index (χ4v) is 2.15. The number of nitro groups is 1. The molecule has 0 aliphatic heterocycles. The molecule has 110 valence electrons. The molecule has 0 saturated heterocycles. The number of hydrogen-bond donors (Lipinski definition) is 1. The number of hydrogen-bond acceptors (Lipinski definition) is 4. The van der Waals surface area contributed by atoms with Crippen LogP contribution in [0.3, 0.4) is 0 Å². The smallest absolute Gasteiger partial charge is 0.288 e. The minimum atomic E-state index is -0.625. The summed E-state index contributed by atoms with van der Waals surface area (Å²) in [5.74, 6) is -0.402. The van der Waals surface area contributed by atoms with E-state index in [4.69, 9.17) is 11.6 Å². The highest BCUT2D eigenvalue weighted by Crippen LogP contribution is 2.24. The third-order valence-electron chi connectivity index (χ3n) is 2.63. The van der Waals surface area contributed by atoms with Gasteiger partial charge in [0, 0.05) is 24.4 Å². The van der Waals surface area contributed by atoms with Crippen LogP contribution in [0.1, 0.15) is 10.4 Å². The predicted octanol–water partition coefficient (Wildman–Crippen LogP) is 2.64. The van der Waals surface area contributed by atoms with Crippen molar-refractivity contribution in [3.05, 3.63) is 55.8 Å². The van der Waals surface area contributed by atoms with Gasteiger partial charge in [0.1, 0.15) is 5.02 Å². The molecule has 1 amide bonds. The number of carbonyl (C=O) groups is 1. The summed E-state index contributed by atoms with van der Waals surface area (Å²) < 4.78 is 2.51. The molecular formula is C12H10BrClN4O3. The van der Waals surface area contributed by atoms with Crippen LogP contribution >= 0.6 is 27.5 Å². The molecule has 0 spiro atoms. The van der Waals surface area contributed by atoms with Gasteiger partial charge in [0.2, 0.25) is 0 Å². The average molecular weight is 374 g/mol.